The zero-order valence-corrected chi connectivity index (χ0v) is 6.53. The van der Waals surface area contributed by atoms with Gasteiger partial charge in [-0.3, -0.25) is 0 Å². The summed E-state index contributed by atoms with van der Waals surface area (Å²) in [6.45, 7) is 0. The van der Waals surface area contributed by atoms with E-state index in [9.17, 15) is 0 Å². The molecule has 2 aliphatic carbocycles. The van der Waals surface area contributed by atoms with Crippen LogP contribution in [0.4, 0.5) is 0 Å². The summed E-state index contributed by atoms with van der Waals surface area (Å²) in [5.74, 6) is 1.35. The number of allylic oxidation sites excluding steroid dienone is 3. The first-order chi connectivity index (χ1) is 5.25. The summed E-state index contributed by atoms with van der Waals surface area (Å²) in [4.78, 5) is 0. The van der Waals surface area contributed by atoms with E-state index < -0.39 is 0 Å². The Labute approximate surface area is 66.9 Å². The van der Waals surface area contributed by atoms with Crippen LogP contribution in [0.2, 0.25) is 0 Å². The molecule has 0 aromatic carbocycles. The summed E-state index contributed by atoms with van der Waals surface area (Å²) in [6.07, 6.45) is 8.83. The van der Waals surface area contributed by atoms with Crippen LogP contribution < -0.4 is 11.5 Å². The van der Waals surface area contributed by atoms with E-state index in [1.165, 1.54) is 12.0 Å². The fraction of sp³-hybridized carbons (Fsp3) is 0.556. The Morgan fingerprint density at radius 1 is 1.45 bits per heavy atom. The molecule has 2 nitrogen and oxygen atoms in total. The third kappa shape index (κ3) is 1.24. The lowest BCUT2D eigenvalue weighted by molar-refractivity contribution is 0.635. The average Bonchev–Trinajstić information content (AvgIpc) is 2.45. The molecule has 0 amide bonds. The van der Waals surface area contributed by atoms with Gasteiger partial charge in [-0.05, 0) is 24.7 Å². The number of nitrogens with two attached hydrogens (primary N) is 2. The Morgan fingerprint density at radius 3 is 2.73 bits per heavy atom. The minimum absolute atomic E-state index is 0.172. The van der Waals surface area contributed by atoms with Crippen molar-refractivity contribution in [2.24, 2.45) is 23.3 Å². The molecule has 2 unspecified atom stereocenters. The van der Waals surface area contributed by atoms with Gasteiger partial charge in [0, 0.05) is 0 Å². The Morgan fingerprint density at radius 2 is 2.27 bits per heavy atom. The third-order valence-electron chi connectivity index (χ3n) is 2.49. The van der Waals surface area contributed by atoms with Gasteiger partial charge in [0.25, 0.3) is 0 Å². The molecule has 2 heteroatoms. The van der Waals surface area contributed by atoms with Crippen LogP contribution in [0.3, 0.4) is 0 Å². The first kappa shape index (κ1) is 7.07. The van der Waals surface area contributed by atoms with E-state index in [4.69, 9.17) is 11.5 Å². The topological polar surface area (TPSA) is 52.0 Å². The van der Waals surface area contributed by atoms with E-state index in [0.29, 0.717) is 11.8 Å². The second-order valence-electron chi connectivity index (χ2n) is 3.50. The van der Waals surface area contributed by atoms with Gasteiger partial charge in [-0.1, -0.05) is 23.8 Å². The van der Waals surface area contributed by atoms with Crippen LogP contribution in [0.15, 0.2) is 23.8 Å². The maximum atomic E-state index is 5.52. The maximum Gasteiger partial charge on any atom is 0.0559 e. The van der Waals surface area contributed by atoms with Gasteiger partial charge >= 0.3 is 0 Å². The second-order valence-corrected chi connectivity index (χ2v) is 3.50. The van der Waals surface area contributed by atoms with E-state index in [0.717, 1.165) is 6.42 Å². The molecule has 11 heavy (non-hydrogen) atoms. The molecule has 0 saturated heterocycles. The fourth-order valence-corrected chi connectivity index (χ4v) is 2.02. The molecule has 0 saturated carbocycles. The van der Waals surface area contributed by atoms with Gasteiger partial charge in [0.15, 0.2) is 0 Å². The van der Waals surface area contributed by atoms with Gasteiger partial charge in [0.1, 0.15) is 0 Å². The van der Waals surface area contributed by atoms with E-state index in [2.05, 4.69) is 18.2 Å². The molecule has 0 fully saturated rings. The summed E-state index contributed by atoms with van der Waals surface area (Å²) in [6, 6.07) is 0. The lowest BCUT2D eigenvalue weighted by Crippen LogP contribution is -2.31. The molecular weight excluding hydrogens is 136 g/mol. The summed E-state index contributed by atoms with van der Waals surface area (Å²) in [5, 5.41) is 0. The molecule has 0 heterocycles. The summed E-state index contributed by atoms with van der Waals surface area (Å²) < 4.78 is 0. The largest absolute Gasteiger partial charge is 0.316 e. The molecule has 2 rings (SSSR count). The lowest BCUT2D eigenvalue weighted by atomic mass is 9.99. The van der Waals surface area contributed by atoms with Crippen molar-refractivity contribution in [3.05, 3.63) is 23.8 Å². The molecule has 4 N–H and O–H groups in total. The molecule has 0 radical (unpaired) electrons. The first-order valence-corrected chi connectivity index (χ1v) is 4.16. The molecular formula is C9H14N2. The number of hydrogen-bond donors (Lipinski definition) is 2. The van der Waals surface area contributed by atoms with Gasteiger partial charge in [-0.2, -0.15) is 0 Å². The molecule has 2 aliphatic rings. The number of fused-ring (bicyclic) bond motifs is 2. The highest BCUT2D eigenvalue weighted by Crippen LogP contribution is 2.39. The highest BCUT2D eigenvalue weighted by atomic mass is 14.8. The summed E-state index contributed by atoms with van der Waals surface area (Å²) in [5.41, 5.74) is 12.5. The van der Waals surface area contributed by atoms with Crippen LogP contribution in [-0.4, -0.2) is 6.17 Å². The Hall–Kier alpha value is -0.600. The number of rotatable bonds is 2. The third-order valence-corrected chi connectivity index (χ3v) is 2.49. The fourth-order valence-electron chi connectivity index (χ4n) is 2.02. The van der Waals surface area contributed by atoms with E-state index in [-0.39, 0.29) is 6.17 Å². The van der Waals surface area contributed by atoms with E-state index in [1.807, 2.05) is 0 Å². The monoisotopic (exact) mass is 150 g/mol. The van der Waals surface area contributed by atoms with Gasteiger partial charge < -0.3 is 11.5 Å². The van der Waals surface area contributed by atoms with Crippen molar-refractivity contribution in [1.29, 1.82) is 0 Å². The zero-order chi connectivity index (χ0) is 7.84. The van der Waals surface area contributed by atoms with Crippen LogP contribution in [0.1, 0.15) is 12.8 Å². The SMILES string of the molecule is NC(N)CC1=CC2C=CC1C2. The highest BCUT2D eigenvalue weighted by molar-refractivity contribution is 5.30. The van der Waals surface area contributed by atoms with Gasteiger partial charge in [-0.25, -0.2) is 0 Å². The van der Waals surface area contributed by atoms with Crippen molar-refractivity contribution in [3.8, 4) is 0 Å². The molecule has 0 aromatic heterocycles. The first-order valence-electron chi connectivity index (χ1n) is 4.16. The van der Waals surface area contributed by atoms with Crippen molar-refractivity contribution in [2.75, 3.05) is 0 Å². The Bertz CT molecular complexity index is 216. The zero-order valence-electron chi connectivity index (χ0n) is 6.53. The summed E-state index contributed by atoms with van der Waals surface area (Å²) >= 11 is 0. The second kappa shape index (κ2) is 2.47. The van der Waals surface area contributed by atoms with Crippen LogP contribution in [0.5, 0.6) is 0 Å². The summed E-state index contributed by atoms with van der Waals surface area (Å²) in [7, 11) is 0. The van der Waals surface area contributed by atoms with Crippen LogP contribution in [-0.2, 0) is 0 Å². The minimum Gasteiger partial charge on any atom is -0.316 e. The van der Waals surface area contributed by atoms with Crippen LogP contribution >= 0.6 is 0 Å². The van der Waals surface area contributed by atoms with Crippen molar-refractivity contribution in [3.63, 3.8) is 0 Å². The highest BCUT2D eigenvalue weighted by Gasteiger charge is 2.27. The minimum atomic E-state index is -0.172. The lowest BCUT2D eigenvalue weighted by Gasteiger charge is -2.11. The van der Waals surface area contributed by atoms with E-state index in [1.54, 1.807) is 0 Å². The molecule has 60 valence electrons. The normalized spacial score (nSPS) is 33.5. The van der Waals surface area contributed by atoms with Crippen molar-refractivity contribution in [2.45, 2.75) is 19.0 Å². The average molecular weight is 150 g/mol. The van der Waals surface area contributed by atoms with Crippen molar-refractivity contribution in [1.82, 2.24) is 0 Å². The van der Waals surface area contributed by atoms with Crippen molar-refractivity contribution < 1.29 is 0 Å². The van der Waals surface area contributed by atoms with Gasteiger partial charge in [0.05, 0.1) is 6.17 Å². The quantitative estimate of drug-likeness (QED) is 0.451. The van der Waals surface area contributed by atoms with Crippen LogP contribution in [0.25, 0.3) is 0 Å². The van der Waals surface area contributed by atoms with E-state index >= 15 is 0 Å². The van der Waals surface area contributed by atoms with Gasteiger partial charge in [0.2, 0.25) is 0 Å². The number of hydrogen-bond acceptors (Lipinski definition) is 2. The Kier molecular flexibility index (Phi) is 1.59. The van der Waals surface area contributed by atoms with Crippen LogP contribution in [0, 0.1) is 11.8 Å². The maximum absolute atomic E-state index is 5.52. The molecule has 0 aromatic rings. The molecule has 0 aliphatic heterocycles. The van der Waals surface area contributed by atoms with Gasteiger partial charge in [-0.15, -0.1) is 0 Å². The predicted molar refractivity (Wildman–Crippen MR) is 45.6 cm³/mol. The molecule has 2 atom stereocenters. The standard InChI is InChI=1S/C9H14N2/c10-9(11)5-8-4-6-1-2-7(8)3-6/h1-2,4,6-7,9H,3,5,10-11H2. The molecule has 2 bridgehead atoms. The predicted octanol–water partition coefficient (Wildman–Crippen LogP) is 0.752. The molecule has 0 spiro atoms. The smallest absolute Gasteiger partial charge is 0.0559 e. The van der Waals surface area contributed by atoms with Crippen molar-refractivity contribution >= 4 is 0 Å². The Balaban J connectivity index is 2.02.